The van der Waals surface area contributed by atoms with Gasteiger partial charge in [-0.25, -0.2) is 4.90 Å². The summed E-state index contributed by atoms with van der Waals surface area (Å²) in [4.78, 5) is 30.4. The van der Waals surface area contributed by atoms with Crippen molar-refractivity contribution in [3.8, 4) is 45.1 Å². The smallest absolute Gasteiger partial charge is 0.268 e. The summed E-state index contributed by atoms with van der Waals surface area (Å²) >= 11 is 0. The third-order valence-corrected chi connectivity index (χ3v) is 9.56. The molecule has 1 aromatic heterocycles. The van der Waals surface area contributed by atoms with Gasteiger partial charge in [-0.2, -0.15) is 5.26 Å². The molecule has 2 heterocycles. The Kier molecular flexibility index (Phi) is 6.75. The molecule has 0 bridgehead atoms. The van der Waals surface area contributed by atoms with Crippen molar-refractivity contribution in [1.82, 2.24) is 4.57 Å². The fourth-order valence-electron chi connectivity index (χ4n) is 7.34. The zero-order valence-corrected chi connectivity index (χ0v) is 26.7. The monoisotopic (exact) mass is 641 g/mol. The van der Waals surface area contributed by atoms with E-state index in [0.29, 0.717) is 28.1 Å². The average molecular weight is 642 g/mol. The first-order valence-electron chi connectivity index (χ1n) is 16.4. The van der Waals surface area contributed by atoms with Gasteiger partial charge in [-0.1, -0.05) is 115 Å². The first-order valence-corrected chi connectivity index (χ1v) is 16.4. The molecule has 0 aliphatic carbocycles. The molecule has 1 aliphatic heterocycles. The quantitative estimate of drug-likeness (QED) is 0.176. The number of rotatable bonds is 5. The van der Waals surface area contributed by atoms with E-state index >= 15 is 0 Å². The summed E-state index contributed by atoms with van der Waals surface area (Å²) in [5.41, 5.74) is 9.96. The number of anilines is 1. The van der Waals surface area contributed by atoms with Gasteiger partial charge in [0, 0.05) is 16.3 Å². The van der Waals surface area contributed by atoms with Crippen molar-refractivity contribution in [2.75, 3.05) is 4.90 Å². The summed E-state index contributed by atoms with van der Waals surface area (Å²) < 4.78 is 2.09. The molecule has 0 fully saturated rings. The molecule has 5 heteroatoms. The van der Waals surface area contributed by atoms with Crippen LogP contribution in [-0.2, 0) is 0 Å². The van der Waals surface area contributed by atoms with Gasteiger partial charge in [0.05, 0.1) is 45.2 Å². The summed E-state index contributed by atoms with van der Waals surface area (Å²) in [5.74, 6) is -0.722. The van der Waals surface area contributed by atoms with Gasteiger partial charge in [0.15, 0.2) is 0 Å². The number of amides is 2. The van der Waals surface area contributed by atoms with Crippen molar-refractivity contribution in [3.63, 3.8) is 0 Å². The molecule has 0 atom stereocenters. The van der Waals surface area contributed by atoms with Gasteiger partial charge in [0.2, 0.25) is 0 Å². The van der Waals surface area contributed by atoms with Crippen LogP contribution in [0.1, 0.15) is 26.3 Å². The Hall–Kier alpha value is -7.03. The molecule has 50 heavy (non-hydrogen) atoms. The van der Waals surface area contributed by atoms with E-state index in [-0.39, 0.29) is 11.8 Å². The van der Waals surface area contributed by atoms with Gasteiger partial charge in [0.25, 0.3) is 11.8 Å². The summed E-state index contributed by atoms with van der Waals surface area (Å²) in [6.45, 7) is 0. The standard InChI is InChI=1S/C45H27N3O2/c46-28-29-12-9-17-33(26-29)34-19-10-22-40-42(34)35-18-7-8-21-38(35)47(40)41-23-11-20-36-43(41)45(50)48(44(36)49)39-25-24-32(30-13-3-1-4-14-30)27-37(39)31-15-5-2-6-16-31/h1-27H. The zero-order valence-electron chi connectivity index (χ0n) is 26.7. The van der Waals surface area contributed by atoms with Gasteiger partial charge in [-0.05, 0) is 76.3 Å². The maximum Gasteiger partial charge on any atom is 0.268 e. The van der Waals surface area contributed by atoms with Crippen molar-refractivity contribution in [3.05, 3.63) is 180 Å². The highest BCUT2D eigenvalue weighted by atomic mass is 16.2. The van der Waals surface area contributed by atoms with Gasteiger partial charge in [0.1, 0.15) is 0 Å². The lowest BCUT2D eigenvalue weighted by Gasteiger charge is -2.20. The molecule has 0 saturated carbocycles. The summed E-state index contributed by atoms with van der Waals surface area (Å²) in [5, 5.41) is 11.6. The molecular weight excluding hydrogens is 615 g/mol. The molecule has 0 spiro atoms. The molecule has 0 saturated heterocycles. The normalized spacial score (nSPS) is 12.4. The topological polar surface area (TPSA) is 66.1 Å². The molecule has 0 unspecified atom stereocenters. The Balaban J connectivity index is 1.24. The van der Waals surface area contributed by atoms with Crippen LogP contribution < -0.4 is 4.90 Å². The SMILES string of the molecule is N#Cc1cccc(-c2cccc3c2c2ccccc2n3-c2cccc3c2C(=O)N(c2ccc(-c4ccccc4)cc2-c2ccccc2)C3=O)c1. The largest absolute Gasteiger partial charge is 0.308 e. The van der Waals surface area contributed by atoms with E-state index in [2.05, 4.69) is 41.0 Å². The number of imide groups is 1. The van der Waals surface area contributed by atoms with Crippen molar-refractivity contribution in [2.45, 2.75) is 0 Å². The Morgan fingerprint density at radius 3 is 1.92 bits per heavy atom. The minimum absolute atomic E-state index is 0.355. The van der Waals surface area contributed by atoms with Gasteiger partial charge < -0.3 is 4.57 Å². The lowest BCUT2D eigenvalue weighted by molar-refractivity contribution is 0.0926. The number of carbonyl (C=O) groups is 2. The van der Waals surface area contributed by atoms with E-state index < -0.39 is 0 Å². The second kappa shape index (κ2) is 11.6. The van der Waals surface area contributed by atoms with Crippen molar-refractivity contribution < 1.29 is 9.59 Å². The van der Waals surface area contributed by atoms with Crippen molar-refractivity contribution in [1.29, 1.82) is 5.26 Å². The number of benzene rings is 7. The number of carbonyl (C=O) groups excluding carboxylic acids is 2. The molecule has 1 aliphatic rings. The van der Waals surface area contributed by atoms with Crippen LogP contribution in [0.3, 0.4) is 0 Å². The minimum atomic E-state index is -0.367. The van der Waals surface area contributed by atoms with E-state index in [1.807, 2.05) is 121 Å². The molecule has 0 N–H and O–H groups in total. The van der Waals surface area contributed by atoms with Crippen molar-refractivity contribution in [2.24, 2.45) is 0 Å². The Morgan fingerprint density at radius 1 is 0.460 bits per heavy atom. The number of hydrogen-bond acceptors (Lipinski definition) is 3. The highest BCUT2D eigenvalue weighted by Gasteiger charge is 2.40. The Morgan fingerprint density at radius 2 is 1.12 bits per heavy atom. The second-order valence-electron chi connectivity index (χ2n) is 12.4. The predicted molar refractivity (Wildman–Crippen MR) is 199 cm³/mol. The van der Waals surface area contributed by atoms with Crippen LogP contribution in [0.5, 0.6) is 0 Å². The van der Waals surface area contributed by atoms with E-state index in [0.717, 1.165) is 55.2 Å². The maximum absolute atomic E-state index is 14.8. The number of aromatic nitrogens is 1. The van der Waals surface area contributed by atoms with Crippen LogP contribution in [0, 0.1) is 11.3 Å². The van der Waals surface area contributed by atoms with Crippen LogP contribution in [0.4, 0.5) is 5.69 Å². The third kappa shape index (κ3) is 4.47. The van der Waals surface area contributed by atoms with Crippen LogP contribution in [0.25, 0.3) is 60.9 Å². The lowest BCUT2D eigenvalue weighted by Crippen LogP contribution is -2.30. The molecule has 234 valence electrons. The predicted octanol–water partition coefficient (Wildman–Crippen LogP) is 10.5. The zero-order chi connectivity index (χ0) is 33.8. The summed E-state index contributed by atoms with van der Waals surface area (Å²) in [6.07, 6.45) is 0. The first-order chi connectivity index (χ1) is 24.6. The van der Waals surface area contributed by atoms with E-state index in [1.54, 1.807) is 12.1 Å². The van der Waals surface area contributed by atoms with E-state index in [1.165, 1.54) is 4.90 Å². The Bertz CT molecular complexity index is 2700. The second-order valence-corrected chi connectivity index (χ2v) is 12.4. The summed E-state index contributed by atoms with van der Waals surface area (Å²) in [7, 11) is 0. The highest BCUT2D eigenvalue weighted by molar-refractivity contribution is 6.36. The number of hydrogen-bond donors (Lipinski definition) is 0. The molecule has 9 rings (SSSR count). The van der Waals surface area contributed by atoms with E-state index in [9.17, 15) is 14.9 Å². The summed E-state index contributed by atoms with van der Waals surface area (Å²) in [6, 6.07) is 55.4. The minimum Gasteiger partial charge on any atom is -0.308 e. The third-order valence-electron chi connectivity index (χ3n) is 9.56. The molecule has 8 aromatic rings. The van der Waals surface area contributed by atoms with E-state index in [4.69, 9.17) is 0 Å². The van der Waals surface area contributed by atoms with Crippen LogP contribution in [0.15, 0.2) is 164 Å². The van der Waals surface area contributed by atoms with Crippen LogP contribution >= 0.6 is 0 Å². The highest BCUT2D eigenvalue weighted by Crippen LogP contribution is 2.43. The molecule has 2 amide bonds. The lowest BCUT2D eigenvalue weighted by atomic mass is 9.97. The molecule has 0 radical (unpaired) electrons. The number of fused-ring (bicyclic) bond motifs is 4. The van der Waals surface area contributed by atoms with Gasteiger partial charge in [-0.3, -0.25) is 9.59 Å². The average Bonchev–Trinajstić information content (AvgIpc) is 3.66. The fraction of sp³-hybridized carbons (Fsp3) is 0. The Labute approximate surface area is 288 Å². The first kappa shape index (κ1) is 29.1. The fourth-order valence-corrected chi connectivity index (χ4v) is 7.34. The number of nitriles is 1. The number of nitrogens with zero attached hydrogens (tertiary/aromatic N) is 3. The van der Waals surface area contributed by atoms with Gasteiger partial charge >= 0.3 is 0 Å². The van der Waals surface area contributed by atoms with Gasteiger partial charge in [-0.15, -0.1) is 0 Å². The molecular formula is C45H27N3O2. The van der Waals surface area contributed by atoms with Crippen molar-refractivity contribution >= 4 is 39.3 Å². The maximum atomic E-state index is 14.8. The van der Waals surface area contributed by atoms with Crippen LogP contribution in [-0.4, -0.2) is 16.4 Å². The number of para-hydroxylation sites is 1. The van der Waals surface area contributed by atoms with Crippen LogP contribution in [0.2, 0.25) is 0 Å². The molecule has 7 aromatic carbocycles. The molecule has 5 nitrogen and oxygen atoms in total.